The molecule has 0 spiro atoms. The first kappa shape index (κ1) is 13.4. The van der Waals surface area contributed by atoms with Gasteiger partial charge in [-0.15, -0.1) is 0 Å². The van der Waals surface area contributed by atoms with Gasteiger partial charge in [-0.25, -0.2) is 0 Å². The Labute approximate surface area is 140 Å². The Bertz CT molecular complexity index is 1150. The fourth-order valence-corrected chi connectivity index (χ4v) is 3.81. The van der Waals surface area contributed by atoms with Crippen LogP contribution in [0, 0.1) is 0 Å². The minimum absolute atomic E-state index is 0.814. The third-order valence-electron chi connectivity index (χ3n) is 4.99. The van der Waals surface area contributed by atoms with Gasteiger partial charge in [0.2, 0.25) is 0 Å². The van der Waals surface area contributed by atoms with E-state index in [1.165, 1.54) is 43.4 Å². The predicted octanol–water partition coefficient (Wildman–Crippen LogP) is 5.76. The van der Waals surface area contributed by atoms with Gasteiger partial charge in [-0.05, 0) is 62.0 Å². The van der Waals surface area contributed by atoms with Gasteiger partial charge in [0.1, 0.15) is 0 Å². The van der Waals surface area contributed by atoms with Crippen molar-refractivity contribution in [3.05, 3.63) is 90.0 Å². The van der Waals surface area contributed by atoms with Crippen molar-refractivity contribution in [1.29, 1.82) is 0 Å². The molecule has 5 aromatic rings. The molecule has 0 aliphatic rings. The first-order valence-electron chi connectivity index (χ1n) is 8.29. The van der Waals surface area contributed by atoms with Crippen LogP contribution in [0.15, 0.2) is 78.9 Å². The molecule has 0 saturated heterocycles. The maximum absolute atomic E-state index is 5.81. The van der Waals surface area contributed by atoms with Crippen LogP contribution in [-0.4, -0.2) is 0 Å². The zero-order valence-electron chi connectivity index (χ0n) is 13.3. The predicted molar refractivity (Wildman–Crippen MR) is 104 cm³/mol. The van der Waals surface area contributed by atoms with E-state index in [4.69, 9.17) is 5.73 Å². The van der Waals surface area contributed by atoms with Crippen molar-refractivity contribution < 1.29 is 0 Å². The Morgan fingerprint density at radius 2 is 1.21 bits per heavy atom. The molecular weight excluding hydrogens is 290 g/mol. The zero-order valence-corrected chi connectivity index (χ0v) is 13.3. The molecule has 0 atom stereocenters. The SMILES string of the molecule is Nc1ccc(Cc2ccc3ccc4cccc5ccc2c3c45)cc1. The second-order valence-corrected chi connectivity index (χ2v) is 6.50. The van der Waals surface area contributed by atoms with Crippen LogP contribution in [-0.2, 0) is 6.42 Å². The molecule has 0 fully saturated rings. The second kappa shape index (κ2) is 4.97. The van der Waals surface area contributed by atoms with E-state index in [9.17, 15) is 0 Å². The summed E-state index contributed by atoms with van der Waals surface area (Å²) in [4.78, 5) is 0. The molecule has 0 bridgehead atoms. The molecular formula is C23H17N. The number of nitrogen functional groups attached to an aromatic ring is 1. The first-order valence-corrected chi connectivity index (χ1v) is 8.29. The summed E-state index contributed by atoms with van der Waals surface area (Å²) in [5, 5.41) is 8.07. The van der Waals surface area contributed by atoms with Crippen LogP contribution in [0.25, 0.3) is 32.3 Å². The fraction of sp³-hybridized carbons (Fsp3) is 0.0435. The van der Waals surface area contributed by atoms with E-state index >= 15 is 0 Å². The van der Waals surface area contributed by atoms with Crippen LogP contribution < -0.4 is 5.73 Å². The van der Waals surface area contributed by atoms with Gasteiger partial charge < -0.3 is 5.73 Å². The topological polar surface area (TPSA) is 26.0 Å². The molecule has 0 radical (unpaired) electrons. The van der Waals surface area contributed by atoms with Crippen molar-refractivity contribution in [1.82, 2.24) is 0 Å². The van der Waals surface area contributed by atoms with E-state index in [1.54, 1.807) is 0 Å². The highest BCUT2D eigenvalue weighted by Crippen LogP contribution is 2.36. The molecule has 0 unspecified atom stereocenters. The molecule has 5 aromatic carbocycles. The van der Waals surface area contributed by atoms with Crippen molar-refractivity contribution in [3.63, 3.8) is 0 Å². The van der Waals surface area contributed by atoms with Gasteiger partial charge in [-0.1, -0.05) is 66.7 Å². The quantitative estimate of drug-likeness (QED) is 0.326. The summed E-state index contributed by atoms with van der Waals surface area (Å²) in [7, 11) is 0. The summed E-state index contributed by atoms with van der Waals surface area (Å²) in [6, 6.07) is 28.2. The van der Waals surface area contributed by atoms with Crippen LogP contribution in [0.5, 0.6) is 0 Å². The highest BCUT2D eigenvalue weighted by atomic mass is 14.5. The van der Waals surface area contributed by atoms with Crippen molar-refractivity contribution in [2.45, 2.75) is 6.42 Å². The van der Waals surface area contributed by atoms with E-state index in [0.717, 1.165) is 12.1 Å². The van der Waals surface area contributed by atoms with Gasteiger partial charge in [0.05, 0.1) is 0 Å². The highest BCUT2D eigenvalue weighted by molar-refractivity contribution is 6.23. The third kappa shape index (κ3) is 1.95. The average Bonchev–Trinajstić information content (AvgIpc) is 2.63. The molecule has 0 aromatic heterocycles. The van der Waals surface area contributed by atoms with E-state index in [-0.39, 0.29) is 0 Å². The molecule has 24 heavy (non-hydrogen) atoms. The lowest BCUT2D eigenvalue weighted by atomic mass is 9.90. The Morgan fingerprint density at radius 3 is 1.96 bits per heavy atom. The minimum Gasteiger partial charge on any atom is -0.399 e. The van der Waals surface area contributed by atoms with E-state index in [0.29, 0.717) is 0 Å². The van der Waals surface area contributed by atoms with Crippen LogP contribution in [0.1, 0.15) is 11.1 Å². The summed E-state index contributed by atoms with van der Waals surface area (Å²) in [5.41, 5.74) is 9.28. The molecule has 2 N–H and O–H groups in total. The monoisotopic (exact) mass is 307 g/mol. The zero-order chi connectivity index (χ0) is 16.1. The van der Waals surface area contributed by atoms with Crippen LogP contribution >= 0.6 is 0 Å². The number of hydrogen-bond acceptors (Lipinski definition) is 1. The fourth-order valence-electron chi connectivity index (χ4n) is 3.81. The maximum atomic E-state index is 5.81. The van der Waals surface area contributed by atoms with Crippen molar-refractivity contribution in [2.75, 3.05) is 5.73 Å². The smallest absolute Gasteiger partial charge is 0.0314 e. The van der Waals surface area contributed by atoms with Gasteiger partial charge >= 0.3 is 0 Å². The molecule has 0 heterocycles. The summed E-state index contributed by atoms with van der Waals surface area (Å²) in [6.07, 6.45) is 0.925. The highest BCUT2D eigenvalue weighted by Gasteiger charge is 2.10. The lowest BCUT2D eigenvalue weighted by Gasteiger charge is -2.14. The molecule has 0 amide bonds. The number of nitrogens with two attached hydrogens (primary N) is 1. The standard InChI is InChI=1S/C23H17N/c24-20-11-4-15(5-12-20)14-19-9-8-18-7-6-16-2-1-3-17-10-13-21(19)23(18)22(16)17/h1-13H,14,24H2. The van der Waals surface area contributed by atoms with E-state index in [2.05, 4.69) is 66.7 Å². The number of benzene rings is 5. The second-order valence-electron chi connectivity index (χ2n) is 6.50. The van der Waals surface area contributed by atoms with Crippen LogP contribution in [0.3, 0.4) is 0 Å². The van der Waals surface area contributed by atoms with Crippen molar-refractivity contribution in [2.24, 2.45) is 0 Å². The Kier molecular flexibility index (Phi) is 2.77. The van der Waals surface area contributed by atoms with Gasteiger partial charge in [-0.3, -0.25) is 0 Å². The molecule has 1 nitrogen and oxygen atoms in total. The summed E-state index contributed by atoms with van der Waals surface area (Å²) >= 11 is 0. The van der Waals surface area contributed by atoms with E-state index < -0.39 is 0 Å². The van der Waals surface area contributed by atoms with Gasteiger partial charge in [0.15, 0.2) is 0 Å². The molecule has 1 heteroatoms. The number of hydrogen-bond donors (Lipinski definition) is 1. The lowest BCUT2D eigenvalue weighted by Crippen LogP contribution is -1.93. The maximum Gasteiger partial charge on any atom is 0.0314 e. The Hall–Kier alpha value is -3.06. The molecule has 0 saturated carbocycles. The van der Waals surface area contributed by atoms with Gasteiger partial charge in [0.25, 0.3) is 0 Å². The molecule has 5 rings (SSSR count). The largest absolute Gasteiger partial charge is 0.399 e. The average molecular weight is 307 g/mol. The lowest BCUT2D eigenvalue weighted by molar-refractivity contribution is 1.22. The van der Waals surface area contributed by atoms with Crippen molar-refractivity contribution in [3.8, 4) is 0 Å². The van der Waals surface area contributed by atoms with Crippen molar-refractivity contribution >= 4 is 38.0 Å². The number of rotatable bonds is 2. The molecule has 0 aliphatic heterocycles. The third-order valence-corrected chi connectivity index (χ3v) is 4.99. The molecule has 0 aliphatic carbocycles. The first-order chi connectivity index (χ1) is 11.8. The van der Waals surface area contributed by atoms with Gasteiger partial charge in [-0.2, -0.15) is 0 Å². The minimum atomic E-state index is 0.814. The summed E-state index contributed by atoms with van der Waals surface area (Å²) in [6.45, 7) is 0. The Morgan fingerprint density at radius 1 is 0.583 bits per heavy atom. The van der Waals surface area contributed by atoms with Crippen LogP contribution in [0.4, 0.5) is 5.69 Å². The summed E-state index contributed by atoms with van der Waals surface area (Å²) in [5.74, 6) is 0. The van der Waals surface area contributed by atoms with Crippen LogP contribution in [0.2, 0.25) is 0 Å². The summed E-state index contributed by atoms with van der Waals surface area (Å²) < 4.78 is 0. The van der Waals surface area contributed by atoms with Gasteiger partial charge in [0, 0.05) is 5.69 Å². The van der Waals surface area contributed by atoms with E-state index in [1.807, 2.05) is 12.1 Å². The number of anilines is 1. The molecule has 114 valence electrons. The Balaban J connectivity index is 1.79. The normalized spacial score (nSPS) is 11.7.